The minimum atomic E-state index is -0.527. The van der Waals surface area contributed by atoms with E-state index in [0.717, 1.165) is 0 Å². The van der Waals surface area contributed by atoms with Crippen LogP contribution < -0.4 is 5.32 Å². The van der Waals surface area contributed by atoms with Crippen LogP contribution in [0.1, 0.15) is 33.6 Å². The van der Waals surface area contributed by atoms with Crippen molar-refractivity contribution in [3.05, 3.63) is 0 Å². The van der Waals surface area contributed by atoms with E-state index in [9.17, 15) is 9.59 Å². The minimum Gasteiger partial charge on any atom is -0.444 e. The number of aliphatic hydroxyl groups excluding tert-OH is 1. The van der Waals surface area contributed by atoms with Gasteiger partial charge in [0.05, 0.1) is 12.6 Å². The van der Waals surface area contributed by atoms with Crippen LogP contribution in [0.5, 0.6) is 0 Å². The molecule has 0 aliphatic carbocycles. The molecule has 0 spiro atoms. The molecule has 1 aliphatic rings. The zero-order chi connectivity index (χ0) is 13.8. The van der Waals surface area contributed by atoms with Crippen molar-refractivity contribution in [2.24, 2.45) is 0 Å². The molecule has 0 aromatic rings. The highest BCUT2D eigenvalue weighted by molar-refractivity contribution is 5.78. The van der Waals surface area contributed by atoms with E-state index in [1.807, 2.05) is 0 Å². The first-order valence-corrected chi connectivity index (χ1v) is 6.20. The Morgan fingerprint density at radius 3 is 2.78 bits per heavy atom. The smallest absolute Gasteiger partial charge is 0.407 e. The Hall–Kier alpha value is -1.30. The first-order valence-electron chi connectivity index (χ1n) is 6.20. The molecule has 18 heavy (non-hydrogen) atoms. The predicted octanol–water partition coefficient (Wildman–Crippen LogP) is 0.494. The maximum Gasteiger partial charge on any atom is 0.407 e. The van der Waals surface area contributed by atoms with E-state index in [2.05, 4.69) is 5.32 Å². The molecular weight excluding hydrogens is 236 g/mol. The van der Waals surface area contributed by atoms with Gasteiger partial charge in [-0.15, -0.1) is 0 Å². The number of carbonyl (C=O) groups excluding carboxylic acids is 2. The van der Waals surface area contributed by atoms with Crippen LogP contribution in [0.15, 0.2) is 0 Å². The van der Waals surface area contributed by atoms with Crippen LogP contribution in [0, 0.1) is 0 Å². The molecule has 1 fully saturated rings. The monoisotopic (exact) mass is 258 g/mol. The molecule has 1 unspecified atom stereocenters. The third-order valence-corrected chi connectivity index (χ3v) is 2.68. The summed E-state index contributed by atoms with van der Waals surface area (Å²) in [4.78, 5) is 24.5. The van der Waals surface area contributed by atoms with E-state index in [0.29, 0.717) is 25.9 Å². The maximum absolute atomic E-state index is 11.5. The molecule has 2 N–H and O–H groups in total. The molecule has 1 heterocycles. The van der Waals surface area contributed by atoms with Crippen molar-refractivity contribution in [2.75, 3.05) is 19.7 Å². The van der Waals surface area contributed by atoms with Gasteiger partial charge >= 0.3 is 6.09 Å². The van der Waals surface area contributed by atoms with Crippen LogP contribution in [0.25, 0.3) is 0 Å². The third kappa shape index (κ3) is 4.52. The van der Waals surface area contributed by atoms with Gasteiger partial charge in [-0.05, 0) is 27.2 Å². The second-order valence-electron chi connectivity index (χ2n) is 5.39. The summed E-state index contributed by atoms with van der Waals surface area (Å²) in [5.74, 6) is 0.0278. The number of hydrogen-bond donors (Lipinski definition) is 2. The van der Waals surface area contributed by atoms with Gasteiger partial charge in [-0.1, -0.05) is 0 Å². The Morgan fingerprint density at radius 1 is 1.56 bits per heavy atom. The highest BCUT2D eigenvalue weighted by Gasteiger charge is 2.29. The average Bonchev–Trinajstić information content (AvgIpc) is 2.57. The maximum atomic E-state index is 11.5. The number of hydrogen-bond acceptors (Lipinski definition) is 4. The van der Waals surface area contributed by atoms with Crippen molar-refractivity contribution in [2.45, 2.75) is 45.3 Å². The van der Waals surface area contributed by atoms with Gasteiger partial charge in [0, 0.05) is 19.5 Å². The topological polar surface area (TPSA) is 78.9 Å². The van der Waals surface area contributed by atoms with E-state index in [-0.39, 0.29) is 18.6 Å². The quantitative estimate of drug-likeness (QED) is 0.769. The van der Waals surface area contributed by atoms with Crippen LogP contribution in [0.3, 0.4) is 0 Å². The summed E-state index contributed by atoms with van der Waals surface area (Å²) in [5, 5.41) is 11.7. The number of ether oxygens (including phenoxy) is 1. The second kappa shape index (κ2) is 6.04. The van der Waals surface area contributed by atoms with Crippen LogP contribution in [-0.4, -0.2) is 53.3 Å². The van der Waals surface area contributed by atoms with Gasteiger partial charge < -0.3 is 20.1 Å². The van der Waals surface area contributed by atoms with Gasteiger partial charge in [0.2, 0.25) is 5.91 Å². The normalized spacial score (nSPS) is 20.1. The van der Waals surface area contributed by atoms with Crippen molar-refractivity contribution in [1.82, 2.24) is 10.2 Å². The van der Waals surface area contributed by atoms with Crippen molar-refractivity contribution in [3.63, 3.8) is 0 Å². The zero-order valence-electron chi connectivity index (χ0n) is 11.2. The molecule has 2 amide bonds. The van der Waals surface area contributed by atoms with E-state index < -0.39 is 11.7 Å². The predicted molar refractivity (Wildman–Crippen MR) is 66.1 cm³/mol. The number of rotatable bonds is 4. The molecule has 1 atom stereocenters. The molecule has 0 bridgehead atoms. The number of nitrogens with zero attached hydrogens (tertiary/aromatic N) is 1. The Morgan fingerprint density at radius 2 is 2.22 bits per heavy atom. The minimum absolute atomic E-state index is 0.0278. The Balaban J connectivity index is 2.29. The summed E-state index contributed by atoms with van der Waals surface area (Å²) in [6, 6.07) is -0.113. The lowest BCUT2D eigenvalue weighted by atomic mass is 10.2. The van der Waals surface area contributed by atoms with Crippen LogP contribution in [0.4, 0.5) is 4.79 Å². The van der Waals surface area contributed by atoms with Crippen LogP contribution in [-0.2, 0) is 9.53 Å². The second-order valence-corrected chi connectivity index (χ2v) is 5.39. The van der Waals surface area contributed by atoms with Gasteiger partial charge in [-0.25, -0.2) is 4.79 Å². The molecule has 6 nitrogen and oxygen atoms in total. The third-order valence-electron chi connectivity index (χ3n) is 2.68. The van der Waals surface area contributed by atoms with Gasteiger partial charge in [-0.2, -0.15) is 0 Å². The molecule has 0 saturated carbocycles. The summed E-state index contributed by atoms with van der Waals surface area (Å²) in [7, 11) is 0. The Labute approximate surface area is 107 Å². The number of carbonyl (C=O) groups is 2. The number of alkyl carbamates (subject to hydrolysis) is 1. The largest absolute Gasteiger partial charge is 0.444 e. The van der Waals surface area contributed by atoms with Gasteiger partial charge in [0.15, 0.2) is 0 Å². The lowest BCUT2D eigenvalue weighted by molar-refractivity contribution is -0.129. The van der Waals surface area contributed by atoms with E-state index >= 15 is 0 Å². The highest BCUT2D eigenvalue weighted by atomic mass is 16.6. The average molecular weight is 258 g/mol. The summed E-state index contributed by atoms with van der Waals surface area (Å²) < 4.78 is 5.08. The number of aliphatic hydroxyl groups is 1. The summed E-state index contributed by atoms with van der Waals surface area (Å²) >= 11 is 0. The molecule has 104 valence electrons. The summed E-state index contributed by atoms with van der Waals surface area (Å²) in [6.07, 6.45) is 0.661. The molecule has 1 saturated heterocycles. The van der Waals surface area contributed by atoms with Gasteiger partial charge in [0.25, 0.3) is 0 Å². The highest BCUT2D eigenvalue weighted by Crippen LogP contribution is 2.17. The van der Waals surface area contributed by atoms with Crippen molar-refractivity contribution < 1.29 is 19.4 Å². The molecule has 0 aromatic heterocycles. The van der Waals surface area contributed by atoms with Crippen molar-refractivity contribution in [3.8, 4) is 0 Å². The van der Waals surface area contributed by atoms with E-state index in [4.69, 9.17) is 9.84 Å². The number of amides is 2. The molecular formula is C12H22N2O4. The first-order chi connectivity index (χ1) is 8.33. The van der Waals surface area contributed by atoms with Crippen LogP contribution >= 0.6 is 0 Å². The SMILES string of the molecule is CC(C)(C)OC(=O)NCCN1C(=O)CCC1CO. The molecule has 0 radical (unpaired) electrons. The van der Waals surface area contributed by atoms with Crippen LogP contribution in [0.2, 0.25) is 0 Å². The van der Waals surface area contributed by atoms with Gasteiger partial charge in [-0.3, -0.25) is 4.79 Å². The lowest BCUT2D eigenvalue weighted by Crippen LogP contribution is -2.42. The molecule has 6 heteroatoms. The fourth-order valence-corrected chi connectivity index (χ4v) is 1.88. The molecule has 0 aromatic carbocycles. The van der Waals surface area contributed by atoms with E-state index in [1.165, 1.54) is 0 Å². The van der Waals surface area contributed by atoms with Crippen molar-refractivity contribution in [1.29, 1.82) is 0 Å². The van der Waals surface area contributed by atoms with E-state index in [1.54, 1.807) is 25.7 Å². The zero-order valence-corrected chi connectivity index (χ0v) is 11.2. The summed E-state index contributed by atoms with van der Waals surface area (Å²) in [5.41, 5.74) is -0.527. The number of likely N-dealkylation sites (tertiary alicyclic amines) is 1. The first kappa shape index (κ1) is 14.8. The Bertz CT molecular complexity index is 312. The number of nitrogens with one attached hydrogen (secondary N) is 1. The molecule has 1 rings (SSSR count). The standard InChI is InChI=1S/C12H22N2O4/c1-12(2,3)18-11(17)13-6-7-14-9(8-15)4-5-10(14)16/h9,15H,4-8H2,1-3H3,(H,13,17). The fourth-order valence-electron chi connectivity index (χ4n) is 1.88. The molecule has 1 aliphatic heterocycles. The summed E-state index contributed by atoms with van der Waals surface area (Å²) in [6.45, 7) is 6.08. The lowest BCUT2D eigenvalue weighted by Gasteiger charge is -2.24. The van der Waals surface area contributed by atoms with Gasteiger partial charge in [0.1, 0.15) is 5.60 Å². The Kier molecular flexibility index (Phi) is 4.95. The fraction of sp³-hybridized carbons (Fsp3) is 0.833. The van der Waals surface area contributed by atoms with Crippen molar-refractivity contribution >= 4 is 12.0 Å².